The van der Waals surface area contributed by atoms with Crippen LogP contribution in [0.15, 0.2) is 78.9 Å². The Kier molecular flexibility index (Phi) is 5.45. The Morgan fingerprint density at radius 3 is 2.04 bits per heavy atom. The van der Waals surface area contributed by atoms with Crippen molar-refractivity contribution in [3.8, 4) is 5.75 Å². The van der Waals surface area contributed by atoms with Crippen molar-refractivity contribution in [3.05, 3.63) is 93.6 Å². The van der Waals surface area contributed by atoms with Gasteiger partial charge in [0, 0.05) is 9.13 Å². The van der Waals surface area contributed by atoms with Crippen molar-refractivity contribution in [3.63, 3.8) is 0 Å². The minimum absolute atomic E-state index is 0.265. The minimum atomic E-state index is -0.474. The number of carbonyl (C=O) groups excluding carboxylic acids is 2. The average molecular weight is 443 g/mol. The van der Waals surface area contributed by atoms with E-state index in [4.69, 9.17) is 4.74 Å². The summed E-state index contributed by atoms with van der Waals surface area (Å²) in [6.45, 7) is 0. The Labute approximate surface area is 159 Å². The molecule has 25 heavy (non-hydrogen) atoms. The number of esters is 1. The molecule has 4 nitrogen and oxygen atoms in total. The highest BCUT2D eigenvalue weighted by atomic mass is 127. The summed E-state index contributed by atoms with van der Waals surface area (Å²) < 4.78 is 6.39. The fourth-order valence-corrected chi connectivity index (χ4v) is 2.66. The van der Waals surface area contributed by atoms with Crippen molar-refractivity contribution in [2.45, 2.75) is 0 Å². The first kappa shape index (κ1) is 17.2. The number of benzene rings is 3. The van der Waals surface area contributed by atoms with Crippen molar-refractivity contribution < 1.29 is 14.3 Å². The van der Waals surface area contributed by atoms with E-state index in [-0.39, 0.29) is 5.91 Å². The summed E-state index contributed by atoms with van der Waals surface area (Å²) in [7, 11) is 0. The number of carbonyl (C=O) groups is 2. The molecule has 0 unspecified atom stereocenters. The molecule has 0 saturated carbocycles. The third-order valence-electron chi connectivity index (χ3n) is 3.44. The molecule has 3 rings (SSSR count). The van der Waals surface area contributed by atoms with Gasteiger partial charge in [-0.2, -0.15) is 0 Å². The van der Waals surface area contributed by atoms with Gasteiger partial charge in [0.25, 0.3) is 5.91 Å². The lowest BCUT2D eigenvalue weighted by Gasteiger charge is -2.12. The van der Waals surface area contributed by atoms with E-state index in [9.17, 15) is 9.59 Å². The van der Waals surface area contributed by atoms with Crippen LogP contribution in [-0.4, -0.2) is 11.9 Å². The molecule has 0 fully saturated rings. The Morgan fingerprint density at radius 1 is 0.800 bits per heavy atom. The molecule has 0 atom stereocenters. The Hall–Kier alpha value is -2.67. The maximum Gasteiger partial charge on any atom is 0.343 e. The van der Waals surface area contributed by atoms with Gasteiger partial charge >= 0.3 is 5.97 Å². The Bertz CT molecular complexity index is 895. The number of ether oxygens (including phenoxy) is 1. The summed E-state index contributed by atoms with van der Waals surface area (Å²) in [4.78, 5) is 24.6. The lowest BCUT2D eigenvalue weighted by atomic mass is 10.2. The van der Waals surface area contributed by atoms with Crippen LogP contribution in [0.5, 0.6) is 5.75 Å². The molecule has 3 aromatic rings. The maximum atomic E-state index is 12.4. The van der Waals surface area contributed by atoms with Gasteiger partial charge in [-0.1, -0.05) is 36.4 Å². The fourth-order valence-electron chi connectivity index (χ4n) is 2.20. The smallest absolute Gasteiger partial charge is 0.343 e. The number of rotatable bonds is 4. The first-order valence-corrected chi connectivity index (χ1v) is 8.64. The monoisotopic (exact) mass is 443 g/mol. The molecule has 1 amide bonds. The van der Waals surface area contributed by atoms with Crippen LogP contribution in [0.25, 0.3) is 0 Å². The van der Waals surface area contributed by atoms with E-state index in [0.717, 1.165) is 3.57 Å². The molecule has 5 heteroatoms. The van der Waals surface area contributed by atoms with E-state index >= 15 is 0 Å². The van der Waals surface area contributed by atoms with Crippen LogP contribution in [-0.2, 0) is 0 Å². The Morgan fingerprint density at radius 2 is 1.40 bits per heavy atom. The van der Waals surface area contributed by atoms with E-state index in [1.807, 2.05) is 18.2 Å². The number of hydrogen-bond donors (Lipinski definition) is 1. The molecule has 0 aromatic heterocycles. The van der Waals surface area contributed by atoms with Crippen LogP contribution < -0.4 is 10.1 Å². The van der Waals surface area contributed by atoms with Crippen molar-refractivity contribution >= 4 is 40.2 Å². The van der Waals surface area contributed by atoms with Gasteiger partial charge in [-0.15, -0.1) is 0 Å². The number of hydrogen-bond acceptors (Lipinski definition) is 3. The molecule has 0 bridgehead atoms. The molecule has 124 valence electrons. The quantitative estimate of drug-likeness (QED) is 0.360. The molecule has 0 aliphatic carbocycles. The number of anilines is 1. The molecular formula is C20H14INO3. The highest BCUT2D eigenvalue weighted by Gasteiger charge is 2.14. The van der Waals surface area contributed by atoms with Crippen LogP contribution in [0.1, 0.15) is 20.7 Å². The normalized spacial score (nSPS) is 10.1. The zero-order valence-corrected chi connectivity index (χ0v) is 15.3. The molecule has 0 radical (unpaired) electrons. The molecule has 3 aromatic carbocycles. The van der Waals surface area contributed by atoms with E-state index in [1.54, 1.807) is 60.7 Å². The maximum absolute atomic E-state index is 12.4. The predicted octanol–water partition coefficient (Wildman–Crippen LogP) is 4.76. The second-order valence-electron chi connectivity index (χ2n) is 5.22. The van der Waals surface area contributed by atoms with E-state index in [1.165, 1.54) is 0 Å². The molecule has 0 heterocycles. The average Bonchev–Trinajstić information content (AvgIpc) is 2.65. The number of nitrogens with one attached hydrogen (secondary N) is 1. The van der Waals surface area contributed by atoms with Crippen molar-refractivity contribution in [1.29, 1.82) is 0 Å². The van der Waals surface area contributed by atoms with Gasteiger partial charge in [-0.25, -0.2) is 4.79 Å². The predicted molar refractivity (Wildman–Crippen MR) is 105 cm³/mol. The van der Waals surface area contributed by atoms with Crippen LogP contribution in [0.2, 0.25) is 0 Å². The standard InChI is InChI=1S/C20H14INO3/c21-16-11-12-17(22-19(23)14-7-3-1-4-8-14)18(13-16)25-20(24)15-9-5-2-6-10-15/h1-13H,(H,22,23). The van der Waals surface area contributed by atoms with Gasteiger partial charge in [0.05, 0.1) is 11.3 Å². The lowest BCUT2D eigenvalue weighted by Crippen LogP contribution is -2.15. The largest absolute Gasteiger partial charge is 0.421 e. The lowest BCUT2D eigenvalue weighted by molar-refractivity contribution is 0.0734. The summed E-state index contributed by atoms with van der Waals surface area (Å²) in [5, 5.41) is 2.79. The number of amides is 1. The third-order valence-corrected chi connectivity index (χ3v) is 4.11. The van der Waals surface area contributed by atoms with E-state index in [0.29, 0.717) is 22.6 Å². The van der Waals surface area contributed by atoms with Crippen molar-refractivity contribution in [2.75, 3.05) is 5.32 Å². The molecule has 1 N–H and O–H groups in total. The second kappa shape index (κ2) is 7.94. The van der Waals surface area contributed by atoms with Crippen LogP contribution >= 0.6 is 22.6 Å². The van der Waals surface area contributed by atoms with Gasteiger partial charge in [0.1, 0.15) is 0 Å². The van der Waals surface area contributed by atoms with E-state index < -0.39 is 5.97 Å². The Balaban J connectivity index is 1.83. The second-order valence-corrected chi connectivity index (χ2v) is 6.46. The highest BCUT2D eigenvalue weighted by Crippen LogP contribution is 2.28. The highest BCUT2D eigenvalue weighted by molar-refractivity contribution is 14.1. The SMILES string of the molecule is O=C(Nc1ccc(I)cc1OC(=O)c1ccccc1)c1ccccc1. The molecule has 0 aliphatic rings. The van der Waals surface area contributed by atoms with Gasteiger partial charge in [0.15, 0.2) is 5.75 Å². The molecule has 0 saturated heterocycles. The van der Waals surface area contributed by atoms with Gasteiger partial charge < -0.3 is 10.1 Å². The summed E-state index contributed by atoms with van der Waals surface area (Å²) in [6, 6.07) is 22.8. The van der Waals surface area contributed by atoms with Crippen molar-refractivity contribution in [2.24, 2.45) is 0 Å². The summed E-state index contributed by atoms with van der Waals surface area (Å²) in [6.07, 6.45) is 0. The zero-order valence-electron chi connectivity index (χ0n) is 13.1. The van der Waals surface area contributed by atoms with Crippen LogP contribution in [0.3, 0.4) is 0 Å². The first-order valence-electron chi connectivity index (χ1n) is 7.56. The molecule has 0 aliphatic heterocycles. The van der Waals surface area contributed by atoms with Gasteiger partial charge in [-0.3, -0.25) is 4.79 Å². The minimum Gasteiger partial charge on any atom is -0.421 e. The van der Waals surface area contributed by atoms with Gasteiger partial charge in [0.2, 0.25) is 0 Å². The van der Waals surface area contributed by atoms with Gasteiger partial charge in [-0.05, 0) is 65.1 Å². The fraction of sp³-hybridized carbons (Fsp3) is 0. The summed E-state index contributed by atoms with van der Waals surface area (Å²) >= 11 is 2.12. The summed E-state index contributed by atoms with van der Waals surface area (Å²) in [5.41, 5.74) is 1.42. The van der Waals surface area contributed by atoms with Crippen LogP contribution in [0, 0.1) is 3.57 Å². The zero-order chi connectivity index (χ0) is 17.6. The number of halogens is 1. The summed E-state index contributed by atoms with van der Waals surface area (Å²) in [5.74, 6) is -0.429. The van der Waals surface area contributed by atoms with Crippen molar-refractivity contribution in [1.82, 2.24) is 0 Å². The molecule has 0 spiro atoms. The topological polar surface area (TPSA) is 55.4 Å². The molecular weight excluding hydrogens is 429 g/mol. The first-order chi connectivity index (χ1) is 12.1. The van der Waals surface area contributed by atoms with E-state index in [2.05, 4.69) is 27.9 Å². The van der Waals surface area contributed by atoms with Crippen LogP contribution in [0.4, 0.5) is 5.69 Å². The third kappa shape index (κ3) is 4.45.